The first kappa shape index (κ1) is 14.0. The topological polar surface area (TPSA) is 80.5 Å². The summed E-state index contributed by atoms with van der Waals surface area (Å²) in [5.41, 5.74) is 8.26. The van der Waals surface area contributed by atoms with Crippen molar-refractivity contribution in [2.75, 3.05) is 4.90 Å². The molecule has 0 aromatic heterocycles. The lowest BCUT2D eigenvalue weighted by molar-refractivity contribution is 0.0924. The summed E-state index contributed by atoms with van der Waals surface area (Å²) < 4.78 is 0. The van der Waals surface area contributed by atoms with E-state index >= 15 is 0 Å². The van der Waals surface area contributed by atoms with Crippen LogP contribution in [0.4, 0.5) is 5.69 Å². The van der Waals surface area contributed by atoms with Crippen LogP contribution in [0.5, 0.6) is 0 Å². The fraction of sp³-hybridized carbons (Fsp3) is 0.118. The van der Waals surface area contributed by atoms with Crippen molar-refractivity contribution < 1.29 is 14.4 Å². The minimum absolute atomic E-state index is 0.348. The van der Waals surface area contributed by atoms with Crippen LogP contribution in [-0.2, 0) is 0 Å². The number of primary amides is 1. The number of carbonyl (C=O) groups is 3. The molecule has 0 spiro atoms. The normalized spacial score (nSPS) is 13.5. The number of amides is 3. The molecule has 3 rings (SSSR count). The quantitative estimate of drug-likeness (QED) is 0.862. The molecule has 3 amide bonds. The molecule has 0 saturated carbocycles. The van der Waals surface area contributed by atoms with Gasteiger partial charge in [-0.2, -0.15) is 0 Å². The van der Waals surface area contributed by atoms with E-state index in [9.17, 15) is 14.4 Å². The van der Waals surface area contributed by atoms with Crippen molar-refractivity contribution in [3.63, 3.8) is 0 Å². The molecule has 5 heteroatoms. The molecule has 5 nitrogen and oxygen atoms in total. The zero-order valence-electron chi connectivity index (χ0n) is 12.2. The summed E-state index contributed by atoms with van der Waals surface area (Å²) in [6.07, 6.45) is 0. The predicted octanol–water partition coefficient (Wildman–Crippen LogP) is 2.20. The highest BCUT2D eigenvalue weighted by molar-refractivity contribution is 6.34. The number of hydrogen-bond acceptors (Lipinski definition) is 3. The van der Waals surface area contributed by atoms with Gasteiger partial charge in [0.25, 0.3) is 11.8 Å². The molecule has 0 unspecified atom stereocenters. The second kappa shape index (κ2) is 4.80. The summed E-state index contributed by atoms with van der Waals surface area (Å²) in [6, 6.07) is 9.91. The molecule has 0 radical (unpaired) electrons. The van der Waals surface area contributed by atoms with Crippen LogP contribution in [0.15, 0.2) is 36.4 Å². The summed E-state index contributed by atoms with van der Waals surface area (Å²) in [5.74, 6) is -1.24. The molecule has 0 saturated heterocycles. The Morgan fingerprint density at radius 2 is 1.41 bits per heavy atom. The Morgan fingerprint density at radius 3 is 1.82 bits per heavy atom. The molecule has 2 N–H and O–H groups in total. The van der Waals surface area contributed by atoms with Gasteiger partial charge in [0.1, 0.15) is 0 Å². The lowest BCUT2D eigenvalue weighted by atomic mass is 10.0. The summed E-state index contributed by atoms with van der Waals surface area (Å²) in [7, 11) is 0. The van der Waals surface area contributed by atoms with Gasteiger partial charge in [-0.05, 0) is 49.2 Å². The van der Waals surface area contributed by atoms with Crippen LogP contribution in [0.2, 0.25) is 0 Å². The third-order valence-corrected chi connectivity index (χ3v) is 3.79. The molecular weight excluding hydrogens is 280 g/mol. The van der Waals surface area contributed by atoms with Crippen molar-refractivity contribution in [1.82, 2.24) is 0 Å². The number of aryl methyl sites for hydroxylation is 2. The van der Waals surface area contributed by atoms with Gasteiger partial charge in [0.05, 0.1) is 16.8 Å². The number of nitrogens with two attached hydrogens (primary N) is 1. The van der Waals surface area contributed by atoms with Crippen LogP contribution in [0.25, 0.3) is 0 Å². The smallest absolute Gasteiger partial charge is 0.266 e. The van der Waals surface area contributed by atoms with E-state index in [-0.39, 0.29) is 11.8 Å². The fourth-order valence-electron chi connectivity index (χ4n) is 2.84. The van der Waals surface area contributed by atoms with Crippen LogP contribution < -0.4 is 10.6 Å². The van der Waals surface area contributed by atoms with Crippen LogP contribution in [0.3, 0.4) is 0 Å². The number of nitrogens with zero attached hydrogens (tertiary/aromatic N) is 1. The summed E-state index contributed by atoms with van der Waals surface area (Å²) in [5, 5.41) is 0. The molecule has 0 aliphatic carbocycles. The van der Waals surface area contributed by atoms with Gasteiger partial charge >= 0.3 is 0 Å². The van der Waals surface area contributed by atoms with E-state index in [4.69, 9.17) is 5.73 Å². The maximum atomic E-state index is 12.5. The molecule has 0 bridgehead atoms. The number of rotatable bonds is 2. The van der Waals surface area contributed by atoms with Crippen LogP contribution in [-0.4, -0.2) is 17.7 Å². The number of benzene rings is 2. The Morgan fingerprint density at radius 1 is 0.955 bits per heavy atom. The largest absolute Gasteiger partial charge is 0.366 e. The highest BCUT2D eigenvalue weighted by Gasteiger charge is 2.37. The zero-order valence-corrected chi connectivity index (χ0v) is 12.2. The molecule has 110 valence electrons. The van der Waals surface area contributed by atoms with Gasteiger partial charge in [-0.25, -0.2) is 4.90 Å². The molecule has 0 fully saturated rings. The Hall–Kier alpha value is -2.95. The minimum atomic E-state index is -0.542. The highest BCUT2D eigenvalue weighted by Crippen LogP contribution is 2.33. The maximum absolute atomic E-state index is 12.5. The second-order valence-electron chi connectivity index (χ2n) is 5.31. The van der Waals surface area contributed by atoms with Crippen molar-refractivity contribution in [3.05, 3.63) is 64.2 Å². The molecule has 0 atom stereocenters. The molecular formula is C17H14N2O3. The Bertz CT molecular complexity index is 782. The van der Waals surface area contributed by atoms with Gasteiger partial charge in [0, 0.05) is 5.56 Å². The van der Waals surface area contributed by atoms with Crippen molar-refractivity contribution in [2.45, 2.75) is 13.8 Å². The number of hydrogen-bond donors (Lipinski definition) is 1. The Kier molecular flexibility index (Phi) is 3.06. The number of anilines is 1. The molecule has 1 aliphatic rings. The van der Waals surface area contributed by atoms with Gasteiger partial charge in [0.15, 0.2) is 0 Å². The average molecular weight is 294 g/mol. The van der Waals surface area contributed by atoms with E-state index in [1.165, 1.54) is 4.90 Å². The molecule has 1 aliphatic heterocycles. The van der Waals surface area contributed by atoms with Gasteiger partial charge in [0.2, 0.25) is 5.91 Å². The van der Waals surface area contributed by atoms with Crippen molar-refractivity contribution in [2.24, 2.45) is 5.73 Å². The van der Waals surface area contributed by atoms with E-state index in [1.54, 1.807) is 50.2 Å². The standard InChI is InChI=1S/C17H14N2O3/c1-9-7-11(15(18)20)8-10(2)14(9)19-16(21)12-5-3-4-6-13(12)17(19)22/h3-8H,1-2H3,(H2,18,20). The zero-order chi connectivity index (χ0) is 16.0. The third-order valence-electron chi connectivity index (χ3n) is 3.79. The van der Waals surface area contributed by atoms with E-state index in [0.717, 1.165) is 0 Å². The average Bonchev–Trinajstić information content (AvgIpc) is 2.72. The van der Waals surface area contributed by atoms with Gasteiger partial charge in [-0.1, -0.05) is 12.1 Å². The van der Waals surface area contributed by atoms with Crippen LogP contribution >= 0.6 is 0 Å². The number of fused-ring (bicyclic) bond motifs is 1. The van der Waals surface area contributed by atoms with E-state index in [1.807, 2.05) is 0 Å². The predicted molar refractivity (Wildman–Crippen MR) is 82.0 cm³/mol. The first-order valence-corrected chi connectivity index (χ1v) is 6.80. The minimum Gasteiger partial charge on any atom is -0.366 e. The highest BCUT2D eigenvalue weighted by atomic mass is 16.2. The fourth-order valence-corrected chi connectivity index (χ4v) is 2.84. The van der Waals surface area contributed by atoms with E-state index in [2.05, 4.69) is 0 Å². The number of carbonyl (C=O) groups excluding carboxylic acids is 3. The maximum Gasteiger partial charge on any atom is 0.266 e. The summed E-state index contributed by atoms with van der Waals surface area (Å²) in [4.78, 5) is 37.6. The first-order chi connectivity index (χ1) is 10.4. The Balaban J connectivity index is 2.16. The van der Waals surface area contributed by atoms with Gasteiger partial charge in [-0.15, -0.1) is 0 Å². The molecule has 2 aromatic rings. The Labute approximate surface area is 127 Å². The lowest BCUT2D eigenvalue weighted by Crippen LogP contribution is -2.31. The van der Waals surface area contributed by atoms with Crippen molar-refractivity contribution >= 4 is 23.4 Å². The second-order valence-corrected chi connectivity index (χ2v) is 5.31. The molecule has 22 heavy (non-hydrogen) atoms. The third kappa shape index (κ3) is 1.90. The summed E-state index contributed by atoms with van der Waals surface area (Å²) >= 11 is 0. The van der Waals surface area contributed by atoms with Gasteiger partial charge < -0.3 is 5.73 Å². The summed E-state index contributed by atoms with van der Waals surface area (Å²) in [6.45, 7) is 3.50. The van der Waals surface area contributed by atoms with E-state index < -0.39 is 5.91 Å². The molecule has 2 aromatic carbocycles. The number of imide groups is 1. The van der Waals surface area contributed by atoms with Crippen molar-refractivity contribution in [3.8, 4) is 0 Å². The van der Waals surface area contributed by atoms with Crippen LogP contribution in [0.1, 0.15) is 42.2 Å². The van der Waals surface area contributed by atoms with E-state index in [0.29, 0.717) is 33.5 Å². The van der Waals surface area contributed by atoms with Crippen molar-refractivity contribution in [1.29, 1.82) is 0 Å². The monoisotopic (exact) mass is 294 g/mol. The van der Waals surface area contributed by atoms with Crippen LogP contribution in [0, 0.1) is 13.8 Å². The SMILES string of the molecule is Cc1cc(C(N)=O)cc(C)c1N1C(=O)c2ccccc2C1=O. The first-order valence-electron chi connectivity index (χ1n) is 6.80. The van der Waals surface area contributed by atoms with Gasteiger partial charge in [-0.3, -0.25) is 14.4 Å². The lowest BCUT2D eigenvalue weighted by Gasteiger charge is -2.20. The molecule has 1 heterocycles.